The summed E-state index contributed by atoms with van der Waals surface area (Å²) < 4.78 is 54.5. The molecule has 0 aliphatic carbocycles. The highest BCUT2D eigenvalue weighted by Crippen LogP contribution is 2.16. The van der Waals surface area contributed by atoms with Gasteiger partial charge in [0.25, 0.3) is 0 Å². The second-order valence-electron chi connectivity index (χ2n) is 4.61. The number of pyridine rings is 1. The monoisotopic (exact) mass is 323 g/mol. The third-order valence-electron chi connectivity index (χ3n) is 3.05. The molecule has 5 nitrogen and oxygen atoms in total. The molecule has 0 radical (unpaired) electrons. The Bertz CT molecular complexity index is 905. The number of benzene rings is 1. The Kier molecular flexibility index (Phi) is 3.63. The van der Waals surface area contributed by atoms with Crippen LogP contribution in [0, 0.1) is 11.6 Å². The van der Waals surface area contributed by atoms with Crippen LogP contribution in [0.3, 0.4) is 0 Å². The number of sulfonamides is 1. The number of halogens is 2. The number of aromatic nitrogens is 2. The molecule has 1 aromatic carbocycles. The van der Waals surface area contributed by atoms with Gasteiger partial charge in [-0.1, -0.05) is 6.07 Å². The van der Waals surface area contributed by atoms with Gasteiger partial charge in [-0.15, -0.1) is 0 Å². The van der Waals surface area contributed by atoms with Crippen LogP contribution in [-0.2, 0) is 16.6 Å². The molecule has 0 unspecified atom stereocenters. The number of nitrogens with zero attached hydrogens (tertiary/aromatic N) is 2. The SMILES string of the molecule is O=S(=O)(NCc1cc2ccccn2n1)c1cc(F)ccc1F. The van der Waals surface area contributed by atoms with E-state index in [9.17, 15) is 17.2 Å². The van der Waals surface area contributed by atoms with Crippen LogP contribution in [0.1, 0.15) is 5.69 Å². The predicted molar refractivity (Wildman–Crippen MR) is 75.6 cm³/mol. The summed E-state index contributed by atoms with van der Waals surface area (Å²) in [6.45, 7) is -0.125. The smallest absolute Gasteiger partial charge is 0.241 e. The maximum Gasteiger partial charge on any atom is 0.243 e. The standard InChI is InChI=1S/C14H11F2N3O2S/c15-10-4-5-13(16)14(7-10)22(20,21)17-9-11-8-12-3-1-2-6-19(12)18-11/h1-8,17H,9H2. The summed E-state index contributed by atoms with van der Waals surface area (Å²) in [6, 6.07) is 9.40. The Hall–Kier alpha value is -2.32. The van der Waals surface area contributed by atoms with Crippen LogP contribution < -0.4 is 4.72 Å². The highest BCUT2D eigenvalue weighted by molar-refractivity contribution is 7.89. The molecule has 0 saturated heterocycles. The van der Waals surface area contributed by atoms with E-state index in [2.05, 4.69) is 9.82 Å². The zero-order valence-electron chi connectivity index (χ0n) is 11.2. The van der Waals surface area contributed by atoms with Crippen molar-refractivity contribution in [1.29, 1.82) is 0 Å². The lowest BCUT2D eigenvalue weighted by Crippen LogP contribution is -2.24. The molecule has 0 atom stereocenters. The van der Waals surface area contributed by atoms with E-state index in [0.717, 1.165) is 17.6 Å². The third kappa shape index (κ3) is 2.83. The normalized spacial score (nSPS) is 11.9. The molecule has 0 saturated carbocycles. The maximum absolute atomic E-state index is 13.6. The van der Waals surface area contributed by atoms with Gasteiger partial charge in [0, 0.05) is 6.20 Å². The zero-order valence-corrected chi connectivity index (χ0v) is 12.0. The largest absolute Gasteiger partial charge is 0.243 e. The highest BCUT2D eigenvalue weighted by atomic mass is 32.2. The molecule has 8 heteroatoms. The third-order valence-corrected chi connectivity index (χ3v) is 4.46. The molecule has 0 amide bonds. The van der Waals surface area contributed by atoms with Gasteiger partial charge in [0.1, 0.15) is 16.5 Å². The summed E-state index contributed by atoms with van der Waals surface area (Å²) in [6.07, 6.45) is 1.72. The lowest BCUT2D eigenvalue weighted by Gasteiger charge is -2.06. The number of nitrogens with one attached hydrogen (secondary N) is 1. The Balaban J connectivity index is 1.84. The first-order chi connectivity index (χ1) is 10.5. The van der Waals surface area contributed by atoms with Crippen LogP contribution in [-0.4, -0.2) is 18.0 Å². The minimum Gasteiger partial charge on any atom is -0.241 e. The van der Waals surface area contributed by atoms with Gasteiger partial charge < -0.3 is 0 Å². The predicted octanol–water partition coefficient (Wildman–Crippen LogP) is 2.09. The molecule has 0 spiro atoms. The van der Waals surface area contributed by atoms with Crippen molar-refractivity contribution in [1.82, 2.24) is 14.3 Å². The second-order valence-corrected chi connectivity index (χ2v) is 6.34. The van der Waals surface area contributed by atoms with Crippen LogP contribution in [0.5, 0.6) is 0 Å². The summed E-state index contributed by atoms with van der Waals surface area (Å²) >= 11 is 0. The lowest BCUT2D eigenvalue weighted by molar-refractivity contribution is 0.545. The molecular weight excluding hydrogens is 312 g/mol. The first kappa shape index (κ1) is 14.6. The Morgan fingerprint density at radius 3 is 2.73 bits per heavy atom. The van der Waals surface area contributed by atoms with Gasteiger partial charge in [0.15, 0.2) is 0 Å². The van der Waals surface area contributed by atoms with Crippen molar-refractivity contribution in [2.75, 3.05) is 0 Å². The van der Waals surface area contributed by atoms with E-state index in [4.69, 9.17) is 0 Å². The van der Waals surface area contributed by atoms with E-state index < -0.39 is 26.6 Å². The second kappa shape index (κ2) is 5.47. The van der Waals surface area contributed by atoms with E-state index in [0.29, 0.717) is 11.8 Å². The fourth-order valence-electron chi connectivity index (χ4n) is 2.01. The quantitative estimate of drug-likeness (QED) is 0.800. The molecule has 3 aromatic rings. The minimum absolute atomic E-state index is 0.125. The fourth-order valence-corrected chi connectivity index (χ4v) is 3.09. The minimum atomic E-state index is -4.16. The zero-order chi connectivity index (χ0) is 15.7. The summed E-state index contributed by atoms with van der Waals surface area (Å²) in [5.41, 5.74) is 1.26. The van der Waals surface area contributed by atoms with E-state index in [1.807, 2.05) is 12.1 Å². The van der Waals surface area contributed by atoms with Crippen LogP contribution in [0.15, 0.2) is 53.6 Å². The molecule has 2 aromatic heterocycles. The average molecular weight is 323 g/mol. The molecule has 22 heavy (non-hydrogen) atoms. The molecule has 0 bridgehead atoms. The number of fused-ring (bicyclic) bond motifs is 1. The molecule has 0 aliphatic rings. The van der Waals surface area contributed by atoms with E-state index in [-0.39, 0.29) is 6.54 Å². The van der Waals surface area contributed by atoms with Gasteiger partial charge in [0.2, 0.25) is 10.0 Å². The van der Waals surface area contributed by atoms with Crippen molar-refractivity contribution >= 4 is 15.5 Å². The van der Waals surface area contributed by atoms with Gasteiger partial charge >= 0.3 is 0 Å². The van der Waals surface area contributed by atoms with Crippen LogP contribution in [0.2, 0.25) is 0 Å². The van der Waals surface area contributed by atoms with E-state index in [1.165, 1.54) is 0 Å². The molecular formula is C14H11F2N3O2S. The van der Waals surface area contributed by atoms with Gasteiger partial charge in [-0.25, -0.2) is 26.4 Å². The molecule has 0 aliphatic heterocycles. The van der Waals surface area contributed by atoms with Crippen molar-refractivity contribution in [2.24, 2.45) is 0 Å². The van der Waals surface area contributed by atoms with Crippen molar-refractivity contribution in [3.05, 3.63) is 66.0 Å². The Labute approximate surface area is 125 Å². The molecule has 3 rings (SSSR count). The summed E-state index contributed by atoms with van der Waals surface area (Å²) in [5.74, 6) is -1.83. The van der Waals surface area contributed by atoms with Gasteiger partial charge in [-0.3, -0.25) is 0 Å². The first-order valence-corrected chi connectivity index (χ1v) is 7.82. The van der Waals surface area contributed by atoms with Crippen molar-refractivity contribution < 1.29 is 17.2 Å². The average Bonchev–Trinajstić information content (AvgIpc) is 2.90. The number of hydrogen-bond donors (Lipinski definition) is 1. The Morgan fingerprint density at radius 2 is 1.95 bits per heavy atom. The van der Waals surface area contributed by atoms with Crippen molar-refractivity contribution in [2.45, 2.75) is 11.4 Å². The fraction of sp³-hybridized carbons (Fsp3) is 0.0714. The molecule has 2 heterocycles. The molecule has 1 N–H and O–H groups in total. The van der Waals surface area contributed by atoms with E-state index in [1.54, 1.807) is 22.8 Å². The summed E-state index contributed by atoms with van der Waals surface area (Å²) in [7, 11) is -4.16. The van der Waals surface area contributed by atoms with Crippen molar-refractivity contribution in [3.8, 4) is 0 Å². The number of hydrogen-bond acceptors (Lipinski definition) is 3. The first-order valence-electron chi connectivity index (χ1n) is 6.34. The number of rotatable bonds is 4. The maximum atomic E-state index is 13.6. The van der Waals surface area contributed by atoms with Crippen LogP contribution in [0.25, 0.3) is 5.52 Å². The van der Waals surface area contributed by atoms with Crippen molar-refractivity contribution in [3.63, 3.8) is 0 Å². The summed E-state index contributed by atoms with van der Waals surface area (Å²) in [4.78, 5) is -0.726. The Morgan fingerprint density at radius 1 is 1.14 bits per heavy atom. The molecule has 114 valence electrons. The molecule has 0 fully saturated rings. The van der Waals surface area contributed by atoms with Gasteiger partial charge in [-0.2, -0.15) is 5.10 Å². The van der Waals surface area contributed by atoms with Gasteiger partial charge in [0.05, 0.1) is 17.8 Å². The van der Waals surface area contributed by atoms with Crippen LogP contribution in [0.4, 0.5) is 8.78 Å². The van der Waals surface area contributed by atoms with Crippen LogP contribution >= 0.6 is 0 Å². The topological polar surface area (TPSA) is 63.5 Å². The van der Waals surface area contributed by atoms with E-state index >= 15 is 0 Å². The lowest BCUT2D eigenvalue weighted by atomic mass is 10.3. The van der Waals surface area contributed by atoms with Gasteiger partial charge in [-0.05, 0) is 36.4 Å². The summed E-state index contributed by atoms with van der Waals surface area (Å²) in [5, 5.41) is 4.17. The highest BCUT2D eigenvalue weighted by Gasteiger charge is 2.20.